The molecule has 0 spiro atoms. The van der Waals surface area contributed by atoms with E-state index in [1.54, 1.807) is 21.3 Å². The Bertz CT molecular complexity index is 406. The van der Waals surface area contributed by atoms with E-state index < -0.39 is 0 Å². The number of amides is 1. The van der Waals surface area contributed by atoms with Crippen LogP contribution in [0.5, 0.6) is 11.5 Å². The van der Waals surface area contributed by atoms with Gasteiger partial charge in [-0.15, -0.1) is 0 Å². The fourth-order valence-electron chi connectivity index (χ4n) is 1.71. The first-order valence-corrected chi connectivity index (χ1v) is 6.17. The summed E-state index contributed by atoms with van der Waals surface area (Å²) in [4.78, 5) is 11.6. The van der Waals surface area contributed by atoms with Gasteiger partial charge in [0.2, 0.25) is 5.91 Å². The van der Waals surface area contributed by atoms with Crippen molar-refractivity contribution >= 4 is 5.91 Å². The topological polar surface area (TPSA) is 56.8 Å². The van der Waals surface area contributed by atoms with E-state index in [4.69, 9.17) is 14.2 Å². The molecule has 1 aromatic carbocycles. The second-order valence-electron chi connectivity index (χ2n) is 4.02. The summed E-state index contributed by atoms with van der Waals surface area (Å²) in [6.45, 7) is 1.05. The SMILES string of the molecule is COCCNC(=O)CCc1cc(OC)ccc1OC. The van der Waals surface area contributed by atoms with Crippen molar-refractivity contribution in [2.24, 2.45) is 0 Å². The largest absolute Gasteiger partial charge is 0.497 e. The Kier molecular flexibility index (Phi) is 6.74. The lowest BCUT2D eigenvalue weighted by atomic mass is 10.1. The van der Waals surface area contributed by atoms with Crippen LogP contribution in [-0.4, -0.2) is 40.4 Å². The maximum Gasteiger partial charge on any atom is 0.220 e. The van der Waals surface area contributed by atoms with Gasteiger partial charge in [-0.25, -0.2) is 0 Å². The first kappa shape index (κ1) is 15.3. The smallest absolute Gasteiger partial charge is 0.220 e. The molecule has 0 aliphatic carbocycles. The maximum absolute atomic E-state index is 11.6. The van der Waals surface area contributed by atoms with Gasteiger partial charge < -0.3 is 19.5 Å². The zero-order chi connectivity index (χ0) is 14.1. The third kappa shape index (κ3) is 5.18. The molecule has 0 radical (unpaired) electrons. The second kappa shape index (κ2) is 8.37. The highest BCUT2D eigenvalue weighted by molar-refractivity contribution is 5.76. The highest BCUT2D eigenvalue weighted by Crippen LogP contribution is 2.24. The van der Waals surface area contributed by atoms with Gasteiger partial charge >= 0.3 is 0 Å². The number of carbonyl (C=O) groups is 1. The maximum atomic E-state index is 11.6. The third-order valence-corrected chi connectivity index (χ3v) is 2.74. The Morgan fingerprint density at radius 3 is 2.63 bits per heavy atom. The fourth-order valence-corrected chi connectivity index (χ4v) is 1.71. The lowest BCUT2D eigenvalue weighted by molar-refractivity contribution is -0.121. The first-order valence-electron chi connectivity index (χ1n) is 6.17. The zero-order valence-corrected chi connectivity index (χ0v) is 11.7. The highest BCUT2D eigenvalue weighted by atomic mass is 16.5. The van der Waals surface area contributed by atoms with Crippen LogP contribution in [0.15, 0.2) is 18.2 Å². The molecule has 0 aromatic heterocycles. The molecule has 0 atom stereocenters. The van der Waals surface area contributed by atoms with Crippen molar-refractivity contribution in [3.8, 4) is 11.5 Å². The van der Waals surface area contributed by atoms with Crippen molar-refractivity contribution < 1.29 is 19.0 Å². The fraction of sp³-hybridized carbons (Fsp3) is 0.500. The Labute approximate surface area is 113 Å². The van der Waals surface area contributed by atoms with Gasteiger partial charge in [0.1, 0.15) is 11.5 Å². The van der Waals surface area contributed by atoms with Gasteiger partial charge in [-0.1, -0.05) is 0 Å². The number of methoxy groups -OCH3 is 3. The average molecular weight is 267 g/mol. The molecule has 0 saturated heterocycles. The van der Waals surface area contributed by atoms with Crippen LogP contribution in [0.3, 0.4) is 0 Å². The normalized spacial score (nSPS) is 10.1. The number of ether oxygens (including phenoxy) is 3. The monoisotopic (exact) mass is 267 g/mol. The number of benzene rings is 1. The van der Waals surface area contributed by atoms with Crippen molar-refractivity contribution in [3.63, 3.8) is 0 Å². The summed E-state index contributed by atoms with van der Waals surface area (Å²) in [5.74, 6) is 1.53. The summed E-state index contributed by atoms with van der Waals surface area (Å²) in [5, 5.41) is 2.78. The van der Waals surface area contributed by atoms with Gasteiger partial charge in [-0.3, -0.25) is 4.79 Å². The molecule has 0 fully saturated rings. The number of hydrogen-bond donors (Lipinski definition) is 1. The van der Waals surface area contributed by atoms with E-state index in [0.29, 0.717) is 26.0 Å². The van der Waals surface area contributed by atoms with Gasteiger partial charge in [-0.05, 0) is 30.2 Å². The minimum Gasteiger partial charge on any atom is -0.497 e. The molecular formula is C14H21NO4. The molecule has 106 valence electrons. The van der Waals surface area contributed by atoms with Crippen molar-refractivity contribution in [1.82, 2.24) is 5.32 Å². The van der Waals surface area contributed by atoms with E-state index >= 15 is 0 Å². The van der Waals surface area contributed by atoms with Crippen LogP contribution in [0.2, 0.25) is 0 Å². The van der Waals surface area contributed by atoms with Crippen LogP contribution >= 0.6 is 0 Å². The number of aryl methyl sites for hydroxylation is 1. The van der Waals surface area contributed by atoms with Crippen molar-refractivity contribution in [2.75, 3.05) is 34.5 Å². The molecule has 5 heteroatoms. The number of rotatable bonds is 8. The van der Waals surface area contributed by atoms with E-state index in [2.05, 4.69) is 5.32 Å². The summed E-state index contributed by atoms with van der Waals surface area (Å²) < 4.78 is 15.3. The molecule has 1 aromatic rings. The van der Waals surface area contributed by atoms with E-state index in [1.807, 2.05) is 18.2 Å². The number of hydrogen-bond acceptors (Lipinski definition) is 4. The van der Waals surface area contributed by atoms with Crippen LogP contribution in [0.25, 0.3) is 0 Å². The molecule has 1 amide bonds. The van der Waals surface area contributed by atoms with E-state index in [0.717, 1.165) is 17.1 Å². The standard InChI is InChI=1S/C14H21NO4/c1-17-9-8-15-14(16)7-4-11-10-12(18-2)5-6-13(11)19-3/h5-6,10H,4,7-9H2,1-3H3,(H,15,16). The van der Waals surface area contributed by atoms with Gasteiger partial charge in [-0.2, -0.15) is 0 Å². The van der Waals surface area contributed by atoms with E-state index in [9.17, 15) is 4.79 Å². The zero-order valence-electron chi connectivity index (χ0n) is 11.7. The first-order chi connectivity index (χ1) is 9.21. The Morgan fingerprint density at radius 1 is 1.21 bits per heavy atom. The molecule has 5 nitrogen and oxygen atoms in total. The van der Waals surface area contributed by atoms with Crippen LogP contribution in [-0.2, 0) is 16.0 Å². The second-order valence-corrected chi connectivity index (χ2v) is 4.02. The summed E-state index contributed by atoms with van der Waals surface area (Å²) >= 11 is 0. The summed E-state index contributed by atoms with van der Waals surface area (Å²) in [5.41, 5.74) is 0.962. The Balaban J connectivity index is 2.53. The predicted octanol–water partition coefficient (Wildman–Crippen LogP) is 1.40. The summed E-state index contributed by atoms with van der Waals surface area (Å²) in [6, 6.07) is 5.57. The summed E-state index contributed by atoms with van der Waals surface area (Å²) in [6.07, 6.45) is 1.02. The summed E-state index contributed by atoms with van der Waals surface area (Å²) in [7, 11) is 4.83. The van der Waals surface area contributed by atoms with Gasteiger partial charge in [0.05, 0.1) is 20.8 Å². The minimum atomic E-state index is 0.00178. The van der Waals surface area contributed by atoms with Crippen molar-refractivity contribution in [2.45, 2.75) is 12.8 Å². The lowest BCUT2D eigenvalue weighted by Crippen LogP contribution is -2.27. The molecule has 0 aliphatic rings. The molecular weight excluding hydrogens is 246 g/mol. The number of nitrogens with one attached hydrogen (secondary N) is 1. The molecule has 0 bridgehead atoms. The molecule has 0 saturated carbocycles. The highest BCUT2D eigenvalue weighted by Gasteiger charge is 2.08. The molecule has 1 rings (SSSR count). The van der Waals surface area contributed by atoms with Gasteiger partial charge in [0.25, 0.3) is 0 Å². The van der Waals surface area contributed by atoms with Crippen LogP contribution < -0.4 is 14.8 Å². The quantitative estimate of drug-likeness (QED) is 0.723. The van der Waals surface area contributed by atoms with Crippen LogP contribution in [0.1, 0.15) is 12.0 Å². The molecule has 0 heterocycles. The van der Waals surface area contributed by atoms with Gasteiger partial charge in [0.15, 0.2) is 0 Å². The van der Waals surface area contributed by atoms with Crippen molar-refractivity contribution in [1.29, 1.82) is 0 Å². The Hall–Kier alpha value is -1.75. The third-order valence-electron chi connectivity index (χ3n) is 2.74. The van der Waals surface area contributed by atoms with Crippen molar-refractivity contribution in [3.05, 3.63) is 23.8 Å². The number of carbonyl (C=O) groups excluding carboxylic acids is 1. The molecule has 0 aliphatic heterocycles. The molecule has 0 unspecified atom stereocenters. The molecule has 19 heavy (non-hydrogen) atoms. The average Bonchev–Trinajstić information content (AvgIpc) is 2.45. The minimum absolute atomic E-state index is 0.00178. The van der Waals surface area contributed by atoms with Gasteiger partial charge in [0, 0.05) is 20.1 Å². The van der Waals surface area contributed by atoms with E-state index in [1.165, 1.54) is 0 Å². The van der Waals surface area contributed by atoms with E-state index in [-0.39, 0.29) is 5.91 Å². The lowest BCUT2D eigenvalue weighted by Gasteiger charge is -2.10. The van der Waals surface area contributed by atoms with Crippen LogP contribution in [0.4, 0.5) is 0 Å². The molecule has 1 N–H and O–H groups in total. The van der Waals surface area contributed by atoms with Crippen LogP contribution in [0, 0.1) is 0 Å². The Morgan fingerprint density at radius 2 is 2.00 bits per heavy atom. The predicted molar refractivity (Wildman–Crippen MR) is 72.8 cm³/mol.